The first-order chi connectivity index (χ1) is 9.74. The second kappa shape index (κ2) is 7.10. The summed E-state index contributed by atoms with van der Waals surface area (Å²) in [7, 11) is 0. The van der Waals surface area contributed by atoms with Gasteiger partial charge in [-0.15, -0.1) is 0 Å². The van der Waals surface area contributed by atoms with Gasteiger partial charge in [0.15, 0.2) is 17.8 Å². The van der Waals surface area contributed by atoms with Crippen LogP contribution >= 0.6 is 15.9 Å². The highest BCUT2D eigenvalue weighted by molar-refractivity contribution is 9.10. The van der Waals surface area contributed by atoms with Gasteiger partial charge in [-0.2, -0.15) is 0 Å². The summed E-state index contributed by atoms with van der Waals surface area (Å²) in [5.74, 6) is 1.08. The fourth-order valence-electron chi connectivity index (χ4n) is 1.83. The molecule has 4 heteroatoms. The van der Waals surface area contributed by atoms with Gasteiger partial charge in [0.05, 0.1) is 12.2 Å². The Balaban J connectivity index is 2.21. The molecule has 0 aliphatic rings. The first-order valence-corrected chi connectivity index (χ1v) is 7.12. The maximum Gasteiger partial charge on any atom is 0.172 e. The third-order valence-corrected chi connectivity index (χ3v) is 3.20. The highest BCUT2D eigenvalue weighted by Crippen LogP contribution is 2.31. The Morgan fingerprint density at radius 1 is 1.15 bits per heavy atom. The Bertz CT molecular complexity index is 596. The third-order valence-electron chi connectivity index (χ3n) is 2.71. The fourth-order valence-corrected chi connectivity index (χ4v) is 2.28. The van der Waals surface area contributed by atoms with E-state index in [1.807, 2.05) is 31.2 Å². The molecule has 104 valence electrons. The van der Waals surface area contributed by atoms with Crippen LogP contribution in [0.1, 0.15) is 22.8 Å². The minimum Gasteiger partial charge on any atom is -0.490 e. The highest BCUT2D eigenvalue weighted by atomic mass is 79.9. The molecule has 0 saturated carbocycles. The van der Waals surface area contributed by atoms with Crippen molar-refractivity contribution in [1.82, 2.24) is 0 Å². The van der Waals surface area contributed by atoms with Gasteiger partial charge >= 0.3 is 0 Å². The van der Waals surface area contributed by atoms with Crippen molar-refractivity contribution < 1.29 is 14.3 Å². The normalized spacial score (nSPS) is 10.1. The molecule has 20 heavy (non-hydrogen) atoms. The molecule has 0 saturated heterocycles. The average molecular weight is 335 g/mol. The molecule has 0 aliphatic carbocycles. The maximum absolute atomic E-state index is 11.1. The van der Waals surface area contributed by atoms with Crippen LogP contribution in [0.3, 0.4) is 0 Å². The van der Waals surface area contributed by atoms with Crippen molar-refractivity contribution >= 4 is 22.2 Å². The first kappa shape index (κ1) is 14.6. The number of aldehydes is 1. The Hall–Kier alpha value is -1.81. The van der Waals surface area contributed by atoms with Crippen LogP contribution < -0.4 is 9.47 Å². The number of rotatable bonds is 6. The standard InChI is InChI=1S/C16H15BrO3/c1-2-19-15-8-4-6-13(10-18)16(15)20-11-12-5-3-7-14(17)9-12/h3-10H,2,11H2,1H3. The number of ether oxygens (including phenoxy) is 2. The van der Waals surface area contributed by atoms with Gasteiger partial charge in [0, 0.05) is 4.47 Å². The van der Waals surface area contributed by atoms with Crippen LogP contribution in [0.5, 0.6) is 11.5 Å². The van der Waals surface area contributed by atoms with Gasteiger partial charge in [-0.1, -0.05) is 34.1 Å². The molecule has 0 N–H and O–H groups in total. The van der Waals surface area contributed by atoms with E-state index in [1.165, 1.54) is 0 Å². The molecule has 3 nitrogen and oxygen atoms in total. The van der Waals surface area contributed by atoms with Crippen molar-refractivity contribution in [3.63, 3.8) is 0 Å². The van der Waals surface area contributed by atoms with Gasteiger partial charge in [0.2, 0.25) is 0 Å². The largest absolute Gasteiger partial charge is 0.490 e. The van der Waals surface area contributed by atoms with E-state index in [0.29, 0.717) is 30.3 Å². The number of para-hydroxylation sites is 1. The molecule has 0 amide bonds. The predicted molar refractivity (Wildman–Crippen MR) is 81.5 cm³/mol. The van der Waals surface area contributed by atoms with E-state index >= 15 is 0 Å². The van der Waals surface area contributed by atoms with Gasteiger partial charge in [0.25, 0.3) is 0 Å². The Morgan fingerprint density at radius 3 is 2.65 bits per heavy atom. The lowest BCUT2D eigenvalue weighted by molar-refractivity contribution is 0.111. The van der Waals surface area contributed by atoms with Crippen molar-refractivity contribution in [2.45, 2.75) is 13.5 Å². The van der Waals surface area contributed by atoms with Crippen LogP contribution in [0.15, 0.2) is 46.9 Å². The molecule has 2 aromatic carbocycles. The number of benzene rings is 2. The molecule has 2 rings (SSSR count). The zero-order valence-corrected chi connectivity index (χ0v) is 12.7. The van der Waals surface area contributed by atoms with Crippen molar-refractivity contribution in [2.75, 3.05) is 6.61 Å². The van der Waals surface area contributed by atoms with E-state index in [1.54, 1.807) is 18.2 Å². The third kappa shape index (κ3) is 3.61. The number of carbonyl (C=O) groups excluding carboxylic acids is 1. The zero-order chi connectivity index (χ0) is 14.4. The second-order valence-electron chi connectivity index (χ2n) is 4.14. The van der Waals surface area contributed by atoms with Crippen LogP contribution in [0, 0.1) is 0 Å². The van der Waals surface area contributed by atoms with E-state index in [9.17, 15) is 4.79 Å². The average Bonchev–Trinajstić information content (AvgIpc) is 2.46. The zero-order valence-electron chi connectivity index (χ0n) is 11.1. The minimum atomic E-state index is 0.379. The lowest BCUT2D eigenvalue weighted by Crippen LogP contribution is -2.02. The van der Waals surface area contributed by atoms with Crippen molar-refractivity contribution in [1.29, 1.82) is 0 Å². The molecular weight excluding hydrogens is 320 g/mol. The molecule has 0 fully saturated rings. The quantitative estimate of drug-likeness (QED) is 0.741. The SMILES string of the molecule is CCOc1cccc(C=O)c1OCc1cccc(Br)c1. The van der Waals surface area contributed by atoms with Crippen LogP contribution in [0.2, 0.25) is 0 Å². The summed E-state index contributed by atoms with van der Waals surface area (Å²) >= 11 is 3.42. The monoisotopic (exact) mass is 334 g/mol. The van der Waals surface area contributed by atoms with E-state index < -0.39 is 0 Å². The summed E-state index contributed by atoms with van der Waals surface area (Å²) in [6, 6.07) is 13.1. The first-order valence-electron chi connectivity index (χ1n) is 6.33. The molecule has 0 radical (unpaired) electrons. The number of hydrogen-bond donors (Lipinski definition) is 0. The van der Waals surface area contributed by atoms with Gasteiger partial charge in [-0.3, -0.25) is 4.79 Å². The molecule has 0 bridgehead atoms. The van der Waals surface area contributed by atoms with Crippen molar-refractivity contribution in [2.24, 2.45) is 0 Å². The van der Waals surface area contributed by atoms with Crippen LogP contribution in [-0.2, 0) is 6.61 Å². The van der Waals surface area contributed by atoms with Gasteiger partial charge in [-0.05, 0) is 36.8 Å². The Morgan fingerprint density at radius 2 is 1.95 bits per heavy atom. The van der Waals surface area contributed by atoms with Crippen molar-refractivity contribution in [3.8, 4) is 11.5 Å². The molecule has 0 unspecified atom stereocenters. The molecule has 0 aromatic heterocycles. The second-order valence-corrected chi connectivity index (χ2v) is 5.06. The topological polar surface area (TPSA) is 35.5 Å². The predicted octanol–water partition coefficient (Wildman–Crippen LogP) is 4.24. The summed E-state index contributed by atoms with van der Waals surface area (Å²) in [4.78, 5) is 11.1. The summed E-state index contributed by atoms with van der Waals surface area (Å²) in [6.45, 7) is 2.80. The summed E-state index contributed by atoms with van der Waals surface area (Å²) in [5.41, 5.74) is 1.51. The number of halogens is 1. The van der Waals surface area contributed by atoms with Gasteiger partial charge < -0.3 is 9.47 Å². The fraction of sp³-hybridized carbons (Fsp3) is 0.188. The molecular formula is C16H15BrO3. The van der Waals surface area contributed by atoms with Crippen LogP contribution in [0.25, 0.3) is 0 Å². The van der Waals surface area contributed by atoms with Crippen LogP contribution in [-0.4, -0.2) is 12.9 Å². The van der Waals surface area contributed by atoms with E-state index in [2.05, 4.69) is 15.9 Å². The molecule has 2 aromatic rings. The van der Waals surface area contributed by atoms with E-state index in [0.717, 1.165) is 16.3 Å². The number of hydrogen-bond acceptors (Lipinski definition) is 3. The molecule has 0 spiro atoms. The maximum atomic E-state index is 11.1. The Labute approximate surface area is 126 Å². The van der Waals surface area contributed by atoms with Gasteiger partial charge in [0.1, 0.15) is 6.61 Å². The van der Waals surface area contributed by atoms with Crippen LogP contribution in [0.4, 0.5) is 0 Å². The Kier molecular flexibility index (Phi) is 5.18. The molecule has 0 aliphatic heterocycles. The number of carbonyl (C=O) groups is 1. The molecule has 0 atom stereocenters. The van der Waals surface area contributed by atoms with Gasteiger partial charge in [-0.25, -0.2) is 0 Å². The minimum absolute atomic E-state index is 0.379. The van der Waals surface area contributed by atoms with E-state index in [-0.39, 0.29) is 0 Å². The smallest absolute Gasteiger partial charge is 0.172 e. The lowest BCUT2D eigenvalue weighted by atomic mass is 10.2. The summed E-state index contributed by atoms with van der Waals surface area (Å²) in [6.07, 6.45) is 0.777. The van der Waals surface area contributed by atoms with E-state index in [4.69, 9.17) is 9.47 Å². The van der Waals surface area contributed by atoms with Crippen molar-refractivity contribution in [3.05, 3.63) is 58.1 Å². The highest BCUT2D eigenvalue weighted by Gasteiger charge is 2.10. The lowest BCUT2D eigenvalue weighted by Gasteiger charge is -2.13. The molecule has 0 heterocycles. The summed E-state index contributed by atoms with van der Waals surface area (Å²) in [5, 5.41) is 0. The summed E-state index contributed by atoms with van der Waals surface area (Å²) < 4.78 is 12.3.